The number of hydrogen-bond acceptors (Lipinski definition) is 2. The van der Waals surface area contributed by atoms with Gasteiger partial charge in [0.2, 0.25) is 0 Å². The Kier molecular flexibility index (Phi) is 1.86. The zero-order valence-corrected chi connectivity index (χ0v) is 5.13. The van der Waals surface area contributed by atoms with E-state index in [-0.39, 0.29) is 6.10 Å². The normalized spacial score (nSPS) is 39.8. The van der Waals surface area contributed by atoms with Gasteiger partial charge in [-0.1, -0.05) is 6.92 Å². The monoisotopic (exact) mass is 116 g/mol. The van der Waals surface area contributed by atoms with Crippen molar-refractivity contribution in [3.05, 3.63) is 0 Å². The lowest BCUT2D eigenvalue weighted by Crippen LogP contribution is -2.27. The van der Waals surface area contributed by atoms with Gasteiger partial charge in [-0.15, -0.1) is 0 Å². The van der Waals surface area contributed by atoms with Crippen LogP contribution < -0.4 is 0 Å². The van der Waals surface area contributed by atoms with Gasteiger partial charge in [0.1, 0.15) is 0 Å². The minimum absolute atomic E-state index is 0.209. The number of aliphatic hydroxyl groups is 1. The van der Waals surface area contributed by atoms with Crippen molar-refractivity contribution in [2.24, 2.45) is 5.92 Å². The molecule has 1 N–H and O–H groups in total. The first-order valence-corrected chi connectivity index (χ1v) is 3.05. The maximum absolute atomic E-state index is 8.95. The molecule has 1 aliphatic heterocycles. The van der Waals surface area contributed by atoms with Crippen molar-refractivity contribution in [1.82, 2.24) is 0 Å². The van der Waals surface area contributed by atoms with Gasteiger partial charge < -0.3 is 9.84 Å². The average Bonchev–Trinajstić information content (AvgIpc) is 1.64. The minimum atomic E-state index is -0.209. The molecule has 48 valence electrons. The van der Waals surface area contributed by atoms with Crippen molar-refractivity contribution >= 4 is 0 Å². The quantitative estimate of drug-likeness (QED) is 0.496. The van der Waals surface area contributed by atoms with Gasteiger partial charge in [-0.2, -0.15) is 0 Å². The molecule has 0 aliphatic carbocycles. The Labute approximate surface area is 49.5 Å². The topological polar surface area (TPSA) is 29.5 Å². The van der Waals surface area contributed by atoms with Gasteiger partial charge in [-0.05, 0) is 12.3 Å². The second-order valence-electron chi connectivity index (χ2n) is 2.53. The average molecular weight is 116 g/mol. The van der Waals surface area contributed by atoms with Gasteiger partial charge in [0.25, 0.3) is 0 Å². The third-order valence-electron chi connectivity index (χ3n) is 1.39. The molecule has 1 heterocycles. The fraction of sp³-hybridized carbons (Fsp3) is 1.00. The minimum Gasteiger partial charge on any atom is -0.391 e. The summed E-state index contributed by atoms with van der Waals surface area (Å²) < 4.78 is 5.04. The van der Waals surface area contributed by atoms with E-state index < -0.39 is 0 Å². The molecule has 0 radical (unpaired) electrons. The van der Waals surface area contributed by atoms with E-state index in [1.54, 1.807) is 0 Å². The van der Waals surface area contributed by atoms with Crippen LogP contribution in [-0.4, -0.2) is 24.4 Å². The first-order valence-electron chi connectivity index (χ1n) is 3.05. The zero-order valence-electron chi connectivity index (χ0n) is 5.13. The van der Waals surface area contributed by atoms with Gasteiger partial charge in [0, 0.05) is 6.61 Å². The van der Waals surface area contributed by atoms with E-state index in [9.17, 15) is 0 Å². The number of rotatable bonds is 0. The highest BCUT2D eigenvalue weighted by molar-refractivity contribution is 4.64. The molecule has 2 heteroatoms. The molecular weight excluding hydrogens is 104 g/mol. The van der Waals surface area contributed by atoms with Crippen LogP contribution in [-0.2, 0) is 4.74 Å². The van der Waals surface area contributed by atoms with E-state index >= 15 is 0 Å². The Morgan fingerprint density at radius 2 is 2.25 bits per heavy atom. The van der Waals surface area contributed by atoms with Gasteiger partial charge in [-0.3, -0.25) is 0 Å². The summed E-state index contributed by atoms with van der Waals surface area (Å²) in [7, 11) is 0. The molecule has 8 heavy (non-hydrogen) atoms. The van der Waals surface area contributed by atoms with E-state index in [1.807, 2.05) is 0 Å². The van der Waals surface area contributed by atoms with E-state index in [2.05, 4.69) is 6.92 Å². The SMILES string of the molecule is CC1COCC(O)C1. The second-order valence-corrected chi connectivity index (χ2v) is 2.53. The Morgan fingerprint density at radius 3 is 2.62 bits per heavy atom. The lowest BCUT2D eigenvalue weighted by molar-refractivity contribution is -0.0312. The van der Waals surface area contributed by atoms with Gasteiger partial charge >= 0.3 is 0 Å². The van der Waals surface area contributed by atoms with Crippen molar-refractivity contribution in [2.75, 3.05) is 13.2 Å². The molecule has 2 nitrogen and oxygen atoms in total. The summed E-state index contributed by atoms with van der Waals surface area (Å²) in [6.45, 7) is 3.43. The van der Waals surface area contributed by atoms with E-state index in [1.165, 1.54) is 0 Å². The Balaban J connectivity index is 2.23. The van der Waals surface area contributed by atoms with Crippen LogP contribution in [0.25, 0.3) is 0 Å². The molecule has 0 saturated carbocycles. The molecule has 0 aromatic carbocycles. The molecule has 0 amide bonds. The number of aliphatic hydroxyl groups excluding tert-OH is 1. The van der Waals surface area contributed by atoms with E-state index in [0.29, 0.717) is 12.5 Å². The van der Waals surface area contributed by atoms with Crippen molar-refractivity contribution in [1.29, 1.82) is 0 Å². The maximum Gasteiger partial charge on any atom is 0.0777 e. The molecule has 1 fully saturated rings. The van der Waals surface area contributed by atoms with Crippen LogP contribution in [0.3, 0.4) is 0 Å². The summed E-state index contributed by atoms with van der Waals surface area (Å²) in [5, 5.41) is 8.95. The standard InChI is InChI=1S/C6H12O2/c1-5-2-6(7)4-8-3-5/h5-7H,2-4H2,1H3. The molecule has 1 saturated heterocycles. The summed E-state index contributed by atoms with van der Waals surface area (Å²) in [5.41, 5.74) is 0. The summed E-state index contributed by atoms with van der Waals surface area (Å²) >= 11 is 0. The van der Waals surface area contributed by atoms with Crippen molar-refractivity contribution in [2.45, 2.75) is 19.4 Å². The van der Waals surface area contributed by atoms with Crippen molar-refractivity contribution in [3.63, 3.8) is 0 Å². The fourth-order valence-corrected chi connectivity index (χ4v) is 1.01. The van der Waals surface area contributed by atoms with Crippen LogP contribution >= 0.6 is 0 Å². The van der Waals surface area contributed by atoms with Crippen LogP contribution in [0.4, 0.5) is 0 Å². The van der Waals surface area contributed by atoms with Crippen molar-refractivity contribution < 1.29 is 9.84 Å². The Hall–Kier alpha value is -0.0800. The lowest BCUT2D eigenvalue weighted by atomic mass is 10.0. The van der Waals surface area contributed by atoms with Crippen LogP contribution in [0.1, 0.15) is 13.3 Å². The highest BCUT2D eigenvalue weighted by atomic mass is 16.5. The Morgan fingerprint density at radius 1 is 1.50 bits per heavy atom. The summed E-state index contributed by atoms with van der Waals surface area (Å²) in [6.07, 6.45) is 0.693. The molecule has 1 rings (SSSR count). The molecule has 0 bridgehead atoms. The van der Waals surface area contributed by atoms with Crippen LogP contribution in [0, 0.1) is 5.92 Å². The van der Waals surface area contributed by atoms with Gasteiger partial charge in [0.05, 0.1) is 12.7 Å². The highest BCUT2D eigenvalue weighted by Crippen LogP contribution is 2.11. The smallest absolute Gasteiger partial charge is 0.0777 e. The molecule has 0 aromatic heterocycles. The fourth-order valence-electron chi connectivity index (χ4n) is 1.01. The third kappa shape index (κ3) is 1.46. The predicted octanol–water partition coefficient (Wildman–Crippen LogP) is 0.404. The van der Waals surface area contributed by atoms with Crippen LogP contribution in [0.2, 0.25) is 0 Å². The lowest BCUT2D eigenvalue weighted by Gasteiger charge is -2.22. The maximum atomic E-state index is 8.95. The largest absolute Gasteiger partial charge is 0.391 e. The van der Waals surface area contributed by atoms with Gasteiger partial charge in [0.15, 0.2) is 0 Å². The molecule has 2 unspecified atom stereocenters. The first-order chi connectivity index (χ1) is 3.79. The van der Waals surface area contributed by atoms with E-state index in [0.717, 1.165) is 13.0 Å². The third-order valence-corrected chi connectivity index (χ3v) is 1.39. The number of hydrogen-bond donors (Lipinski definition) is 1. The summed E-state index contributed by atoms with van der Waals surface area (Å²) in [4.78, 5) is 0. The molecule has 1 aliphatic rings. The molecular formula is C6H12O2. The predicted molar refractivity (Wildman–Crippen MR) is 30.6 cm³/mol. The number of ether oxygens (including phenoxy) is 1. The van der Waals surface area contributed by atoms with Crippen LogP contribution in [0.5, 0.6) is 0 Å². The first kappa shape index (κ1) is 6.05. The van der Waals surface area contributed by atoms with Crippen molar-refractivity contribution in [3.8, 4) is 0 Å². The van der Waals surface area contributed by atoms with Crippen LogP contribution in [0.15, 0.2) is 0 Å². The molecule has 0 aromatic rings. The molecule has 0 spiro atoms. The highest BCUT2D eigenvalue weighted by Gasteiger charge is 2.15. The van der Waals surface area contributed by atoms with E-state index in [4.69, 9.17) is 9.84 Å². The second kappa shape index (κ2) is 2.46. The molecule has 2 atom stereocenters. The summed E-state index contributed by atoms with van der Waals surface area (Å²) in [5.74, 6) is 0.541. The summed E-state index contributed by atoms with van der Waals surface area (Å²) in [6, 6.07) is 0. The zero-order chi connectivity index (χ0) is 5.98. The van der Waals surface area contributed by atoms with Gasteiger partial charge in [-0.25, -0.2) is 0 Å². The Bertz CT molecular complexity index is 64.9.